The Morgan fingerprint density at radius 2 is 2.00 bits per heavy atom. The molecule has 0 spiro atoms. The highest BCUT2D eigenvalue weighted by atomic mass is 16.6. The molecule has 0 saturated heterocycles. The maximum Gasteiger partial charge on any atom is 0.269 e. The largest absolute Gasteiger partial charge is 0.385 e. The molecule has 0 fully saturated rings. The zero-order chi connectivity index (χ0) is 16.7. The third kappa shape index (κ3) is 5.39. The highest BCUT2D eigenvalue weighted by Gasteiger charge is 2.05. The summed E-state index contributed by atoms with van der Waals surface area (Å²) in [4.78, 5) is 26.0. The van der Waals surface area contributed by atoms with Crippen LogP contribution in [0.15, 0.2) is 42.6 Å². The van der Waals surface area contributed by atoms with Gasteiger partial charge in [0.2, 0.25) is 5.91 Å². The van der Waals surface area contributed by atoms with E-state index in [1.807, 2.05) is 19.1 Å². The van der Waals surface area contributed by atoms with E-state index in [1.165, 1.54) is 12.1 Å². The van der Waals surface area contributed by atoms with E-state index in [2.05, 4.69) is 15.6 Å². The molecule has 1 aromatic carbocycles. The molecule has 0 aliphatic heterocycles. The van der Waals surface area contributed by atoms with Crippen LogP contribution in [0, 0.1) is 17.0 Å². The molecule has 7 nitrogen and oxygen atoms in total. The molecule has 0 aliphatic carbocycles. The quantitative estimate of drug-likeness (QED) is 0.465. The van der Waals surface area contributed by atoms with Gasteiger partial charge >= 0.3 is 0 Å². The van der Waals surface area contributed by atoms with Crippen LogP contribution in [0.2, 0.25) is 0 Å². The first-order chi connectivity index (χ1) is 11.0. The number of nitrogens with zero attached hydrogens (tertiary/aromatic N) is 2. The van der Waals surface area contributed by atoms with Gasteiger partial charge < -0.3 is 10.6 Å². The number of amides is 1. The number of nitro benzene ring substituents is 1. The SMILES string of the molecule is Cc1ccnc(NC(=O)CCCNc2ccc([N+](=O)[O-])cc2)c1. The molecule has 1 amide bonds. The van der Waals surface area contributed by atoms with Gasteiger partial charge in [-0.3, -0.25) is 14.9 Å². The fourth-order valence-electron chi connectivity index (χ4n) is 1.99. The van der Waals surface area contributed by atoms with Crippen molar-refractivity contribution >= 4 is 23.1 Å². The monoisotopic (exact) mass is 314 g/mol. The lowest BCUT2D eigenvalue weighted by molar-refractivity contribution is -0.384. The predicted octanol–water partition coefficient (Wildman–Crippen LogP) is 3.13. The summed E-state index contributed by atoms with van der Waals surface area (Å²) in [6, 6.07) is 9.86. The number of benzene rings is 1. The number of carbonyl (C=O) groups is 1. The highest BCUT2D eigenvalue weighted by molar-refractivity contribution is 5.89. The van der Waals surface area contributed by atoms with Gasteiger partial charge in [-0.1, -0.05) is 0 Å². The molecule has 0 unspecified atom stereocenters. The Kier molecular flexibility index (Phi) is 5.62. The van der Waals surface area contributed by atoms with E-state index >= 15 is 0 Å². The van der Waals surface area contributed by atoms with Gasteiger partial charge in [0.25, 0.3) is 5.69 Å². The Morgan fingerprint density at radius 1 is 1.26 bits per heavy atom. The van der Waals surface area contributed by atoms with E-state index in [0.29, 0.717) is 25.2 Å². The van der Waals surface area contributed by atoms with Crippen LogP contribution in [-0.4, -0.2) is 22.4 Å². The molecule has 2 N–H and O–H groups in total. The van der Waals surface area contributed by atoms with Gasteiger partial charge in [-0.15, -0.1) is 0 Å². The fourth-order valence-corrected chi connectivity index (χ4v) is 1.99. The van der Waals surface area contributed by atoms with Crippen LogP contribution in [0.5, 0.6) is 0 Å². The van der Waals surface area contributed by atoms with Crippen molar-refractivity contribution in [3.05, 3.63) is 58.3 Å². The molecule has 0 bridgehead atoms. The van der Waals surface area contributed by atoms with E-state index in [9.17, 15) is 14.9 Å². The Morgan fingerprint density at radius 3 is 2.65 bits per heavy atom. The number of nitrogens with one attached hydrogen (secondary N) is 2. The molecular formula is C16H18N4O3. The Balaban J connectivity index is 1.70. The van der Waals surface area contributed by atoms with Crippen LogP contribution in [0.3, 0.4) is 0 Å². The third-order valence-electron chi connectivity index (χ3n) is 3.17. The van der Waals surface area contributed by atoms with E-state index in [-0.39, 0.29) is 11.6 Å². The van der Waals surface area contributed by atoms with E-state index in [4.69, 9.17) is 0 Å². The van der Waals surface area contributed by atoms with Crippen LogP contribution < -0.4 is 10.6 Å². The summed E-state index contributed by atoms with van der Waals surface area (Å²) in [7, 11) is 0. The summed E-state index contributed by atoms with van der Waals surface area (Å²) in [6.07, 6.45) is 2.67. The van der Waals surface area contributed by atoms with Crippen molar-refractivity contribution in [1.29, 1.82) is 0 Å². The summed E-state index contributed by atoms with van der Waals surface area (Å²) < 4.78 is 0. The lowest BCUT2D eigenvalue weighted by atomic mass is 10.2. The lowest BCUT2D eigenvalue weighted by Gasteiger charge is -2.07. The summed E-state index contributed by atoms with van der Waals surface area (Å²) in [6.45, 7) is 2.54. The molecule has 0 saturated carbocycles. The number of aromatic nitrogens is 1. The fraction of sp³-hybridized carbons (Fsp3) is 0.250. The predicted molar refractivity (Wildman–Crippen MR) is 88.4 cm³/mol. The molecule has 0 aliphatic rings. The Hall–Kier alpha value is -2.96. The van der Waals surface area contributed by atoms with Crippen molar-refractivity contribution in [2.24, 2.45) is 0 Å². The molecule has 120 valence electrons. The number of hydrogen-bond acceptors (Lipinski definition) is 5. The number of hydrogen-bond donors (Lipinski definition) is 2. The standard InChI is InChI=1S/C16H18N4O3/c1-12-8-10-18-15(11-12)19-16(21)3-2-9-17-13-4-6-14(7-5-13)20(22)23/h4-8,10-11,17H,2-3,9H2,1H3,(H,18,19,21). The van der Waals surface area contributed by atoms with Crippen LogP contribution in [0.1, 0.15) is 18.4 Å². The van der Waals surface area contributed by atoms with Gasteiger partial charge in [0.05, 0.1) is 4.92 Å². The number of pyridine rings is 1. The van der Waals surface area contributed by atoms with E-state index < -0.39 is 4.92 Å². The first kappa shape index (κ1) is 16.4. The summed E-state index contributed by atoms with van der Waals surface area (Å²) in [5.41, 5.74) is 1.88. The summed E-state index contributed by atoms with van der Waals surface area (Å²) in [5, 5.41) is 16.4. The van der Waals surface area contributed by atoms with Gasteiger partial charge in [-0.2, -0.15) is 0 Å². The Bertz CT molecular complexity index is 686. The van der Waals surface area contributed by atoms with E-state index in [0.717, 1.165) is 11.3 Å². The highest BCUT2D eigenvalue weighted by Crippen LogP contribution is 2.15. The van der Waals surface area contributed by atoms with Crippen molar-refractivity contribution in [2.75, 3.05) is 17.2 Å². The minimum atomic E-state index is -0.437. The Labute approximate surface area is 133 Å². The molecule has 7 heteroatoms. The second-order valence-electron chi connectivity index (χ2n) is 5.10. The average Bonchev–Trinajstić information content (AvgIpc) is 2.52. The van der Waals surface area contributed by atoms with Crippen molar-refractivity contribution in [3.63, 3.8) is 0 Å². The summed E-state index contributed by atoms with van der Waals surface area (Å²) >= 11 is 0. The van der Waals surface area contributed by atoms with Crippen molar-refractivity contribution < 1.29 is 9.72 Å². The molecule has 2 rings (SSSR count). The van der Waals surface area contributed by atoms with Crippen LogP contribution in [0.25, 0.3) is 0 Å². The smallest absolute Gasteiger partial charge is 0.269 e. The topological polar surface area (TPSA) is 97.2 Å². The minimum absolute atomic E-state index is 0.0561. The molecule has 0 atom stereocenters. The number of anilines is 2. The number of non-ortho nitro benzene ring substituents is 1. The zero-order valence-electron chi connectivity index (χ0n) is 12.8. The molecule has 23 heavy (non-hydrogen) atoms. The number of carbonyl (C=O) groups excluding carboxylic acids is 1. The van der Waals surface area contributed by atoms with Crippen LogP contribution in [0.4, 0.5) is 17.2 Å². The maximum atomic E-state index is 11.8. The first-order valence-electron chi connectivity index (χ1n) is 7.25. The molecule has 0 radical (unpaired) electrons. The van der Waals surface area contributed by atoms with Gasteiger partial charge in [-0.05, 0) is 43.2 Å². The first-order valence-corrected chi connectivity index (χ1v) is 7.25. The average molecular weight is 314 g/mol. The van der Waals surface area contributed by atoms with Gasteiger partial charge in [0, 0.05) is 37.0 Å². The van der Waals surface area contributed by atoms with Crippen molar-refractivity contribution in [1.82, 2.24) is 4.98 Å². The van der Waals surface area contributed by atoms with Crippen LogP contribution >= 0.6 is 0 Å². The van der Waals surface area contributed by atoms with E-state index in [1.54, 1.807) is 18.3 Å². The van der Waals surface area contributed by atoms with Crippen molar-refractivity contribution in [2.45, 2.75) is 19.8 Å². The second-order valence-corrected chi connectivity index (χ2v) is 5.10. The zero-order valence-corrected chi connectivity index (χ0v) is 12.8. The van der Waals surface area contributed by atoms with Gasteiger partial charge in [-0.25, -0.2) is 4.98 Å². The van der Waals surface area contributed by atoms with Gasteiger partial charge in [0.1, 0.15) is 5.82 Å². The minimum Gasteiger partial charge on any atom is -0.385 e. The molecule has 1 heterocycles. The number of rotatable bonds is 7. The lowest BCUT2D eigenvalue weighted by Crippen LogP contribution is -2.14. The van der Waals surface area contributed by atoms with Crippen LogP contribution in [-0.2, 0) is 4.79 Å². The maximum absolute atomic E-state index is 11.8. The number of nitro groups is 1. The molecule has 2 aromatic rings. The van der Waals surface area contributed by atoms with Gasteiger partial charge in [0.15, 0.2) is 0 Å². The molecule has 1 aromatic heterocycles. The normalized spacial score (nSPS) is 10.1. The van der Waals surface area contributed by atoms with Crippen molar-refractivity contribution in [3.8, 4) is 0 Å². The summed E-state index contributed by atoms with van der Waals surface area (Å²) in [5.74, 6) is 0.465. The number of aryl methyl sites for hydroxylation is 1. The third-order valence-corrected chi connectivity index (χ3v) is 3.17. The molecular weight excluding hydrogens is 296 g/mol. The second kappa shape index (κ2) is 7.88.